The quantitative estimate of drug-likeness (QED) is 0.635. The number of anilines is 2. The molecule has 1 atom stereocenters. The van der Waals surface area contributed by atoms with Crippen LogP contribution in [0.15, 0.2) is 72.8 Å². The Kier molecular flexibility index (Phi) is 7.02. The number of nitriles is 1. The molecule has 0 bridgehead atoms. The molecule has 0 aliphatic heterocycles. The first-order valence-electron chi connectivity index (χ1n) is 8.90. The van der Waals surface area contributed by atoms with E-state index in [2.05, 4.69) is 58.8 Å². The molecule has 3 nitrogen and oxygen atoms in total. The Hall–Kier alpha value is -3.25. The van der Waals surface area contributed by atoms with Crippen LogP contribution >= 0.6 is 0 Å². The van der Waals surface area contributed by atoms with Crippen molar-refractivity contribution < 1.29 is 0 Å². The van der Waals surface area contributed by atoms with Crippen LogP contribution in [0.25, 0.3) is 12.2 Å². The molecule has 0 aromatic heterocycles. The lowest BCUT2D eigenvalue weighted by Crippen LogP contribution is -2.07. The summed E-state index contributed by atoms with van der Waals surface area (Å²) in [6, 6.07) is 18.8. The summed E-state index contributed by atoms with van der Waals surface area (Å²) < 4.78 is 0. The first kappa shape index (κ1) is 20.1. The zero-order valence-electron chi connectivity index (χ0n) is 16.6. The van der Waals surface area contributed by atoms with Gasteiger partial charge >= 0.3 is 0 Å². The largest absolute Gasteiger partial charge is 0.378 e. The Bertz CT molecular complexity index is 848. The second-order valence-electron chi connectivity index (χ2n) is 6.85. The highest BCUT2D eigenvalue weighted by atomic mass is 15.1. The average Bonchev–Trinajstić information content (AvgIpc) is 2.67. The molecule has 2 aromatic rings. The summed E-state index contributed by atoms with van der Waals surface area (Å²) in [6.45, 7) is 4.06. The Labute approximate surface area is 163 Å². The number of nitrogens with zero attached hydrogens (tertiary/aromatic N) is 3. The van der Waals surface area contributed by atoms with Crippen LogP contribution < -0.4 is 9.80 Å². The van der Waals surface area contributed by atoms with Crippen molar-refractivity contribution in [3.63, 3.8) is 0 Å². The van der Waals surface area contributed by atoms with Crippen molar-refractivity contribution >= 4 is 23.5 Å². The lowest BCUT2D eigenvalue weighted by atomic mass is 9.99. The van der Waals surface area contributed by atoms with Gasteiger partial charge in [-0.25, -0.2) is 0 Å². The molecule has 0 N–H and O–H groups in total. The molecule has 2 aromatic carbocycles. The van der Waals surface area contributed by atoms with Crippen LogP contribution in [-0.4, -0.2) is 28.2 Å². The van der Waals surface area contributed by atoms with Gasteiger partial charge in [-0.3, -0.25) is 0 Å². The highest BCUT2D eigenvalue weighted by Gasteiger charge is 2.05. The number of allylic oxidation sites excluding steroid dienone is 3. The molecule has 3 heteroatoms. The van der Waals surface area contributed by atoms with Gasteiger partial charge in [0, 0.05) is 39.6 Å². The fourth-order valence-corrected chi connectivity index (χ4v) is 2.53. The van der Waals surface area contributed by atoms with Gasteiger partial charge in [-0.1, -0.05) is 55.1 Å². The molecule has 138 valence electrons. The van der Waals surface area contributed by atoms with Crippen molar-refractivity contribution in [2.45, 2.75) is 0 Å². The SMILES string of the molecule is C=C(C=Cc1ccc(N(C)C)cc1)C(C#N)C=Cc1ccc(N(C)C)cc1. The van der Waals surface area contributed by atoms with Crippen molar-refractivity contribution in [3.8, 4) is 6.07 Å². The predicted octanol–water partition coefficient (Wildman–Crippen LogP) is 5.24. The van der Waals surface area contributed by atoms with E-state index in [-0.39, 0.29) is 5.92 Å². The second kappa shape index (κ2) is 9.45. The molecule has 0 spiro atoms. The number of hydrogen-bond donors (Lipinski definition) is 0. The van der Waals surface area contributed by atoms with E-state index in [4.69, 9.17) is 0 Å². The van der Waals surface area contributed by atoms with Crippen molar-refractivity contribution in [2.24, 2.45) is 5.92 Å². The zero-order valence-corrected chi connectivity index (χ0v) is 16.6. The lowest BCUT2D eigenvalue weighted by Gasteiger charge is -2.12. The third kappa shape index (κ3) is 5.90. The van der Waals surface area contributed by atoms with Gasteiger partial charge in [0.25, 0.3) is 0 Å². The maximum Gasteiger partial charge on any atom is 0.0891 e. The van der Waals surface area contributed by atoms with Gasteiger partial charge in [0.15, 0.2) is 0 Å². The summed E-state index contributed by atoms with van der Waals surface area (Å²) in [5, 5.41) is 9.48. The second-order valence-corrected chi connectivity index (χ2v) is 6.85. The smallest absolute Gasteiger partial charge is 0.0891 e. The fraction of sp³-hybridized carbons (Fsp3) is 0.208. The van der Waals surface area contributed by atoms with Crippen LogP contribution in [-0.2, 0) is 0 Å². The zero-order chi connectivity index (χ0) is 19.8. The molecule has 2 rings (SSSR count). The standard InChI is InChI=1S/C24H27N3/c1-19(6-7-20-9-14-23(15-10-20)26(2)3)22(18-25)13-8-21-11-16-24(17-12-21)27(4)5/h6-17,22H,1H2,2-5H3. The molecule has 0 radical (unpaired) electrons. The van der Waals surface area contributed by atoms with E-state index in [0.717, 1.165) is 28.1 Å². The summed E-state index contributed by atoms with van der Waals surface area (Å²) >= 11 is 0. The van der Waals surface area contributed by atoms with E-state index in [1.165, 1.54) is 0 Å². The van der Waals surface area contributed by atoms with Crippen molar-refractivity contribution in [3.05, 3.63) is 84.0 Å². The number of benzene rings is 2. The van der Waals surface area contributed by atoms with E-state index < -0.39 is 0 Å². The molecule has 0 aliphatic rings. The van der Waals surface area contributed by atoms with E-state index in [1.54, 1.807) is 0 Å². The Morgan fingerprint density at radius 2 is 1.30 bits per heavy atom. The van der Waals surface area contributed by atoms with Crippen LogP contribution in [0.4, 0.5) is 11.4 Å². The van der Waals surface area contributed by atoms with Gasteiger partial charge in [-0.2, -0.15) is 5.26 Å². The van der Waals surface area contributed by atoms with E-state index >= 15 is 0 Å². The monoisotopic (exact) mass is 357 g/mol. The molecule has 1 unspecified atom stereocenters. The van der Waals surface area contributed by atoms with E-state index in [1.807, 2.05) is 64.6 Å². The summed E-state index contributed by atoms with van der Waals surface area (Å²) in [7, 11) is 8.07. The third-order valence-corrected chi connectivity index (χ3v) is 4.33. The van der Waals surface area contributed by atoms with Crippen LogP contribution in [0.5, 0.6) is 0 Å². The van der Waals surface area contributed by atoms with Gasteiger partial charge in [-0.15, -0.1) is 0 Å². The summed E-state index contributed by atoms with van der Waals surface area (Å²) in [4.78, 5) is 4.12. The third-order valence-electron chi connectivity index (χ3n) is 4.33. The number of rotatable bonds is 7. The molecule has 0 fully saturated rings. The highest BCUT2D eigenvalue weighted by molar-refractivity contribution is 5.60. The summed E-state index contributed by atoms with van der Waals surface area (Å²) in [5.41, 5.74) is 5.23. The maximum atomic E-state index is 9.48. The van der Waals surface area contributed by atoms with Crippen LogP contribution in [0.2, 0.25) is 0 Å². The Balaban J connectivity index is 2.03. The van der Waals surface area contributed by atoms with E-state index in [0.29, 0.717) is 0 Å². The minimum absolute atomic E-state index is 0.351. The van der Waals surface area contributed by atoms with Crippen LogP contribution in [0.1, 0.15) is 11.1 Å². The van der Waals surface area contributed by atoms with Gasteiger partial charge in [0.2, 0.25) is 0 Å². The maximum absolute atomic E-state index is 9.48. The van der Waals surface area contributed by atoms with Crippen molar-refractivity contribution in [1.29, 1.82) is 5.26 Å². The Morgan fingerprint density at radius 3 is 1.70 bits per heavy atom. The Morgan fingerprint density at radius 1 is 0.852 bits per heavy atom. The van der Waals surface area contributed by atoms with Crippen LogP contribution in [0.3, 0.4) is 0 Å². The minimum atomic E-state index is -0.351. The first-order valence-corrected chi connectivity index (χ1v) is 8.90. The van der Waals surface area contributed by atoms with Gasteiger partial charge in [0.05, 0.1) is 12.0 Å². The molecular weight excluding hydrogens is 330 g/mol. The average molecular weight is 358 g/mol. The summed E-state index contributed by atoms with van der Waals surface area (Å²) in [6.07, 6.45) is 7.77. The topological polar surface area (TPSA) is 30.3 Å². The first-order chi connectivity index (χ1) is 12.9. The van der Waals surface area contributed by atoms with Crippen LogP contribution in [0, 0.1) is 17.2 Å². The van der Waals surface area contributed by atoms with Crippen molar-refractivity contribution in [1.82, 2.24) is 0 Å². The van der Waals surface area contributed by atoms with Gasteiger partial charge < -0.3 is 9.80 Å². The summed E-state index contributed by atoms with van der Waals surface area (Å²) in [5.74, 6) is -0.351. The van der Waals surface area contributed by atoms with Gasteiger partial charge in [-0.05, 0) is 41.0 Å². The minimum Gasteiger partial charge on any atom is -0.378 e. The molecule has 0 saturated carbocycles. The lowest BCUT2D eigenvalue weighted by molar-refractivity contribution is 1.03. The predicted molar refractivity (Wildman–Crippen MR) is 118 cm³/mol. The fourth-order valence-electron chi connectivity index (χ4n) is 2.53. The molecule has 0 heterocycles. The van der Waals surface area contributed by atoms with E-state index in [9.17, 15) is 5.26 Å². The van der Waals surface area contributed by atoms with Gasteiger partial charge in [0.1, 0.15) is 0 Å². The van der Waals surface area contributed by atoms with Crippen molar-refractivity contribution in [2.75, 3.05) is 38.0 Å². The molecule has 0 saturated heterocycles. The number of hydrogen-bond acceptors (Lipinski definition) is 3. The normalized spacial score (nSPS) is 12.1. The molecule has 27 heavy (non-hydrogen) atoms. The molecule has 0 aliphatic carbocycles. The molecule has 0 amide bonds. The molecular formula is C24H27N3. The highest BCUT2D eigenvalue weighted by Crippen LogP contribution is 2.18.